The highest BCUT2D eigenvalue weighted by Crippen LogP contribution is 2.22. The second-order valence-corrected chi connectivity index (χ2v) is 5.05. The highest BCUT2D eigenvalue weighted by atomic mass is 16.4. The number of benzene rings is 1. The predicted molar refractivity (Wildman–Crippen MR) is 81.2 cm³/mol. The second-order valence-electron chi connectivity index (χ2n) is 5.05. The van der Waals surface area contributed by atoms with Crippen LogP contribution in [0, 0.1) is 11.3 Å². The smallest absolute Gasteiger partial charge is 0.294 e. The third kappa shape index (κ3) is 3.14. The van der Waals surface area contributed by atoms with Gasteiger partial charge in [-0.3, -0.25) is 4.79 Å². The lowest BCUT2D eigenvalue weighted by atomic mass is 10.1. The van der Waals surface area contributed by atoms with Crippen molar-refractivity contribution in [2.75, 3.05) is 4.90 Å². The Bertz CT molecular complexity index is 680. The van der Waals surface area contributed by atoms with Crippen molar-refractivity contribution < 1.29 is 9.21 Å². The van der Waals surface area contributed by atoms with Gasteiger partial charge in [-0.2, -0.15) is 5.26 Å². The van der Waals surface area contributed by atoms with E-state index >= 15 is 0 Å². The molecule has 108 valence electrons. The molecule has 2 rings (SSSR count). The van der Waals surface area contributed by atoms with Gasteiger partial charge in [0.25, 0.3) is 5.91 Å². The fraction of sp³-hybridized carbons (Fsp3) is 0.294. The van der Waals surface area contributed by atoms with Gasteiger partial charge in [0.15, 0.2) is 5.76 Å². The topological polar surface area (TPSA) is 57.2 Å². The molecule has 0 radical (unpaired) electrons. The molecule has 2 aromatic rings. The van der Waals surface area contributed by atoms with Crippen molar-refractivity contribution in [2.24, 2.45) is 0 Å². The van der Waals surface area contributed by atoms with Crippen molar-refractivity contribution in [1.29, 1.82) is 5.26 Å². The van der Waals surface area contributed by atoms with Crippen LogP contribution in [0.15, 0.2) is 40.8 Å². The van der Waals surface area contributed by atoms with Crippen molar-refractivity contribution in [2.45, 2.75) is 33.2 Å². The van der Waals surface area contributed by atoms with E-state index in [0.717, 1.165) is 12.2 Å². The van der Waals surface area contributed by atoms with Gasteiger partial charge in [0.05, 0.1) is 11.6 Å². The number of carbonyl (C=O) groups excluding carboxylic acids is 1. The van der Waals surface area contributed by atoms with Gasteiger partial charge in [0.2, 0.25) is 0 Å². The van der Waals surface area contributed by atoms with Crippen LogP contribution in [0.2, 0.25) is 0 Å². The van der Waals surface area contributed by atoms with Crippen LogP contribution in [-0.4, -0.2) is 11.9 Å². The van der Waals surface area contributed by atoms with Crippen molar-refractivity contribution in [1.82, 2.24) is 0 Å². The van der Waals surface area contributed by atoms with Gasteiger partial charge in [0.1, 0.15) is 5.76 Å². The second kappa shape index (κ2) is 6.27. The number of aryl methyl sites for hydroxylation is 1. The Kier molecular flexibility index (Phi) is 4.44. The molecule has 0 unspecified atom stereocenters. The summed E-state index contributed by atoms with van der Waals surface area (Å²) in [7, 11) is 0. The number of rotatable bonds is 4. The van der Waals surface area contributed by atoms with Crippen molar-refractivity contribution in [3.63, 3.8) is 0 Å². The molecule has 0 atom stereocenters. The Balaban J connectivity index is 2.38. The molecule has 0 aliphatic rings. The van der Waals surface area contributed by atoms with Crippen molar-refractivity contribution >= 4 is 11.6 Å². The van der Waals surface area contributed by atoms with Crippen molar-refractivity contribution in [3.8, 4) is 6.07 Å². The normalized spacial score (nSPS) is 10.4. The zero-order valence-electron chi connectivity index (χ0n) is 12.5. The molecule has 1 aromatic heterocycles. The lowest BCUT2D eigenvalue weighted by Gasteiger charge is -2.26. The molecule has 1 heterocycles. The fourth-order valence-corrected chi connectivity index (χ4v) is 2.18. The monoisotopic (exact) mass is 282 g/mol. The molecule has 21 heavy (non-hydrogen) atoms. The Morgan fingerprint density at radius 1 is 1.33 bits per heavy atom. The zero-order valence-corrected chi connectivity index (χ0v) is 12.5. The van der Waals surface area contributed by atoms with Crippen molar-refractivity contribution in [3.05, 3.63) is 53.5 Å². The molecule has 1 aromatic carbocycles. The first-order valence-electron chi connectivity index (χ1n) is 6.99. The Labute approximate surface area is 124 Å². The molecule has 1 amide bonds. The van der Waals surface area contributed by atoms with E-state index in [1.807, 2.05) is 32.9 Å². The maximum atomic E-state index is 12.7. The van der Waals surface area contributed by atoms with Gasteiger partial charge in [-0.05, 0) is 44.2 Å². The van der Waals surface area contributed by atoms with E-state index in [9.17, 15) is 4.79 Å². The van der Waals surface area contributed by atoms with Crippen LogP contribution in [-0.2, 0) is 6.42 Å². The number of carbonyl (C=O) groups is 1. The number of anilines is 1. The van der Waals surface area contributed by atoms with Crippen LogP contribution in [0.1, 0.15) is 42.6 Å². The van der Waals surface area contributed by atoms with E-state index in [1.54, 1.807) is 29.2 Å². The van der Waals surface area contributed by atoms with Gasteiger partial charge < -0.3 is 9.32 Å². The van der Waals surface area contributed by atoms with Crippen LogP contribution in [0.25, 0.3) is 0 Å². The summed E-state index contributed by atoms with van der Waals surface area (Å²) >= 11 is 0. The van der Waals surface area contributed by atoms with E-state index in [4.69, 9.17) is 9.68 Å². The number of amides is 1. The lowest BCUT2D eigenvalue weighted by molar-refractivity contribution is 0.0952. The number of nitrogens with zero attached hydrogens (tertiary/aromatic N) is 2. The quantitative estimate of drug-likeness (QED) is 0.857. The number of furan rings is 1. The summed E-state index contributed by atoms with van der Waals surface area (Å²) < 4.78 is 5.55. The molecule has 0 spiro atoms. The Hall–Kier alpha value is -2.54. The summed E-state index contributed by atoms with van der Waals surface area (Å²) in [5.41, 5.74) is 1.23. The molecule has 0 aliphatic heterocycles. The molecule has 0 bridgehead atoms. The predicted octanol–water partition coefficient (Wildman–Crippen LogP) is 3.77. The largest absolute Gasteiger partial charge is 0.456 e. The lowest BCUT2D eigenvalue weighted by Crippen LogP contribution is -2.36. The van der Waals surface area contributed by atoms with Crippen LogP contribution >= 0.6 is 0 Å². The molecule has 0 aliphatic carbocycles. The van der Waals surface area contributed by atoms with E-state index < -0.39 is 0 Å². The first-order valence-corrected chi connectivity index (χ1v) is 6.99. The number of hydrogen-bond acceptors (Lipinski definition) is 3. The minimum absolute atomic E-state index is 0.0402. The molecule has 4 heteroatoms. The average Bonchev–Trinajstić information content (AvgIpc) is 2.96. The first-order chi connectivity index (χ1) is 10.1. The van der Waals surface area contributed by atoms with Crippen LogP contribution in [0.5, 0.6) is 0 Å². The highest BCUT2D eigenvalue weighted by molar-refractivity contribution is 6.04. The number of nitriles is 1. The van der Waals surface area contributed by atoms with E-state index in [1.165, 1.54) is 0 Å². The maximum Gasteiger partial charge on any atom is 0.294 e. The molecule has 4 nitrogen and oxygen atoms in total. The SMILES string of the molecule is CCc1ccc(C(=O)N(c2cccc(C#N)c2)C(C)C)o1. The van der Waals surface area contributed by atoms with Gasteiger partial charge in [0, 0.05) is 18.2 Å². The third-order valence-corrected chi connectivity index (χ3v) is 3.21. The average molecular weight is 282 g/mol. The summed E-state index contributed by atoms with van der Waals surface area (Å²) in [6.07, 6.45) is 0.749. The van der Waals surface area contributed by atoms with E-state index in [-0.39, 0.29) is 11.9 Å². The highest BCUT2D eigenvalue weighted by Gasteiger charge is 2.23. The molecule has 0 saturated heterocycles. The number of hydrogen-bond donors (Lipinski definition) is 0. The molecule has 0 fully saturated rings. The standard InChI is InChI=1S/C17H18N2O2/c1-4-15-8-9-16(21-15)17(20)19(12(2)3)14-7-5-6-13(10-14)11-18/h5-10,12H,4H2,1-3H3. The first kappa shape index (κ1) is 14.9. The summed E-state index contributed by atoms with van der Waals surface area (Å²) in [5.74, 6) is 0.913. The molecule has 0 saturated carbocycles. The summed E-state index contributed by atoms with van der Waals surface area (Å²) in [6, 6.07) is 12.6. The Morgan fingerprint density at radius 3 is 2.67 bits per heavy atom. The fourth-order valence-electron chi connectivity index (χ4n) is 2.18. The van der Waals surface area contributed by atoms with Crippen LogP contribution < -0.4 is 4.90 Å². The van der Waals surface area contributed by atoms with Gasteiger partial charge >= 0.3 is 0 Å². The van der Waals surface area contributed by atoms with E-state index in [2.05, 4.69) is 6.07 Å². The minimum Gasteiger partial charge on any atom is -0.456 e. The summed E-state index contributed by atoms with van der Waals surface area (Å²) in [5, 5.41) is 9.00. The summed E-state index contributed by atoms with van der Waals surface area (Å²) in [4.78, 5) is 14.3. The van der Waals surface area contributed by atoms with E-state index in [0.29, 0.717) is 17.0 Å². The zero-order chi connectivity index (χ0) is 15.4. The third-order valence-electron chi connectivity index (χ3n) is 3.21. The van der Waals surface area contributed by atoms with Gasteiger partial charge in [-0.1, -0.05) is 13.0 Å². The van der Waals surface area contributed by atoms with Gasteiger partial charge in [-0.25, -0.2) is 0 Å². The molecular weight excluding hydrogens is 264 g/mol. The minimum atomic E-state index is -0.195. The van der Waals surface area contributed by atoms with Gasteiger partial charge in [-0.15, -0.1) is 0 Å². The summed E-state index contributed by atoms with van der Waals surface area (Å²) in [6.45, 7) is 5.84. The maximum absolute atomic E-state index is 12.7. The molecule has 0 N–H and O–H groups in total. The van der Waals surface area contributed by atoms with Crippen LogP contribution in [0.3, 0.4) is 0 Å². The Morgan fingerprint density at radius 2 is 2.10 bits per heavy atom. The van der Waals surface area contributed by atoms with Crippen LogP contribution in [0.4, 0.5) is 5.69 Å². The molecular formula is C17H18N2O2.